The van der Waals surface area contributed by atoms with Gasteiger partial charge in [-0.1, -0.05) is 27.4 Å². The number of nitrogens with one attached hydrogen (secondary N) is 1. The second-order valence-corrected chi connectivity index (χ2v) is 12.7. The standard InChI is InChI=1S/C28H34N4O3S2/c1-6-23(33)31-21-11-9-19(10-12-21)27(34)32-13-7-8-20(18(32)2)14-25-30-16-26(37-25)36-17-24-29-15-22(35-24)28(3,4)5/h6,9-12,15-16,18,20H,1,7-8,13-14,17H2,2-5H3,(H,31,33)/t18-,20+/m1/s1. The van der Waals surface area contributed by atoms with Gasteiger partial charge in [-0.25, -0.2) is 9.97 Å². The Morgan fingerprint density at radius 3 is 2.68 bits per heavy atom. The summed E-state index contributed by atoms with van der Waals surface area (Å²) >= 11 is 3.41. The van der Waals surface area contributed by atoms with Crippen molar-refractivity contribution < 1.29 is 14.0 Å². The Bertz CT molecular complexity index is 1240. The van der Waals surface area contributed by atoms with Crippen LogP contribution in [0.15, 0.2) is 57.9 Å². The molecule has 1 aliphatic rings. The minimum Gasteiger partial charge on any atom is -0.444 e. The van der Waals surface area contributed by atoms with Crippen LogP contribution in [0.5, 0.6) is 0 Å². The van der Waals surface area contributed by atoms with E-state index in [1.54, 1.807) is 47.4 Å². The molecule has 0 aliphatic carbocycles. The molecule has 0 bridgehead atoms. The predicted molar refractivity (Wildman–Crippen MR) is 149 cm³/mol. The number of benzene rings is 1. The predicted octanol–water partition coefficient (Wildman–Crippen LogP) is 6.33. The number of carbonyl (C=O) groups is 2. The lowest BCUT2D eigenvalue weighted by Gasteiger charge is -2.39. The van der Waals surface area contributed by atoms with Gasteiger partial charge >= 0.3 is 0 Å². The van der Waals surface area contributed by atoms with Crippen molar-refractivity contribution >= 4 is 40.6 Å². The SMILES string of the molecule is C=CC(=O)Nc1ccc(C(=O)N2CCC[C@@H](Cc3ncc(SCc4ncc(C(C)(C)C)o4)s3)[C@H]2C)cc1. The van der Waals surface area contributed by atoms with Gasteiger partial charge < -0.3 is 14.6 Å². The molecule has 2 amide bonds. The summed E-state index contributed by atoms with van der Waals surface area (Å²) in [5.41, 5.74) is 1.21. The molecule has 9 heteroatoms. The minimum atomic E-state index is -0.275. The van der Waals surface area contributed by atoms with Gasteiger partial charge in [-0.15, -0.1) is 23.1 Å². The van der Waals surface area contributed by atoms with E-state index in [1.165, 1.54) is 6.08 Å². The van der Waals surface area contributed by atoms with E-state index in [2.05, 4.69) is 49.6 Å². The first-order valence-electron chi connectivity index (χ1n) is 12.5. The number of aromatic nitrogens is 2. The highest BCUT2D eigenvalue weighted by Gasteiger charge is 2.32. The molecule has 0 saturated carbocycles. The lowest BCUT2D eigenvalue weighted by atomic mass is 9.87. The Kier molecular flexibility index (Phi) is 8.54. The van der Waals surface area contributed by atoms with E-state index in [0.717, 1.165) is 46.7 Å². The van der Waals surface area contributed by atoms with Crippen molar-refractivity contribution in [2.45, 2.75) is 68.4 Å². The summed E-state index contributed by atoms with van der Waals surface area (Å²) in [6.07, 6.45) is 7.88. The van der Waals surface area contributed by atoms with Gasteiger partial charge in [0.05, 0.1) is 27.4 Å². The third kappa shape index (κ3) is 6.90. The zero-order chi connectivity index (χ0) is 26.6. The summed E-state index contributed by atoms with van der Waals surface area (Å²) in [4.78, 5) is 35.8. The number of thiazole rings is 1. The zero-order valence-electron chi connectivity index (χ0n) is 21.8. The van der Waals surface area contributed by atoms with Gasteiger partial charge in [0, 0.05) is 35.7 Å². The topological polar surface area (TPSA) is 88.3 Å². The molecule has 1 aromatic carbocycles. The Balaban J connectivity index is 1.33. The van der Waals surface area contributed by atoms with Gasteiger partial charge in [0.2, 0.25) is 11.8 Å². The number of hydrogen-bond donors (Lipinski definition) is 1. The minimum absolute atomic E-state index is 0.0229. The quantitative estimate of drug-likeness (QED) is 0.266. The van der Waals surface area contributed by atoms with Crippen molar-refractivity contribution in [1.29, 1.82) is 0 Å². The molecule has 3 aromatic rings. The number of oxazole rings is 1. The van der Waals surface area contributed by atoms with Crippen LogP contribution in [-0.4, -0.2) is 39.3 Å². The largest absolute Gasteiger partial charge is 0.444 e. The van der Waals surface area contributed by atoms with Crippen LogP contribution >= 0.6 is 23.1 Å². The molecule has 1 fully saturated rings. The molecule has 3 heterocycles. The van der Waals surface area contributed by atoms with Crippen LogP contribution in [-0.2, 0) is 22.4 Å². The Labute approximate surface area is 226 Å². The van der Waals surface area contributed by atoms with Crippen molar-refractivity contribution in [3.63, 3.8) is 0 Å². The fourth-order valence-corrected chi connectivity index (χ4v) is 6.34. The van der Waals surface area contributed by atoms with Gasteiger partial charge in [0.25, 0.3) is 5.91 Å². The molecule has 0 unspecified atom stereocenters. The maximum atomic E-state index is 13.3. The van der Waals surface area contributed by atoms with E-state index >= 15 is 0 Å². The number of rotatable bonds is 8. The van der Waals surface area contributed by atoms with Crippen molar-refractivity contribution in [3.05, 3.63) is 71.5 Å². The highest BCUT2D eigenvalue weighted by molar-refractivity contribution is 8.00. The number of thioether (sulfide) groups is 1. The van der Waals surface area contributed by atoms with Crippen LogP contribution in [0.2, 0.25) is 0 Å². The molecule has 1 saturated heterocycles. The van der Waals surface area contributed by atoms with E-state index in [4.69, 9.17) is 4.42 Å². The Morgan fingerprint density at radius 2 is 2.00 bits per heavy atom. The number of nitrogens with zero attached hydrogens (tertiary/aromatic N) is 3. The number of hydrogen-bond acceptors (Lipinski definition) is 7. The van der Waals surface area contributed by atoms with E-state index in [-0.39, 0.29) is 23.3 Å². The van der Waals surface area contributed by atoms with Gasteiger partial charge in [-0.05, 0) is 56.0 Å². The fraction of sp³-hybridized carbons (Fsp3) is 0.429. The molecular formula is C28H34N4O3S2. The van der Waals surface area contributed by atoms with Crippen LogP contribution in [0.25, 0.3) is 0 Å². The van der Waals surface area contributed by atoms with Crippen LogP contribution < -0.4 is 5.32 Å². The number of piperidine rings is 1. The molecule has 196 valence electrons. The van der Waals surface area contributed by atoms with Crippen molar-refractivity contribution in [1.82, 2.24) is 14.9 Å². The normalized spacial score (nSPS) is 18.0. The number of amides is 2. The zero-order valence-corrected chi connectivity index (χ0v) is 23.5. The summed E-state index contributed by atoms with van der Waals surface area (Å²) in [5, 5.41) is 3.81. The summed E-state index contributed by atoms with van der Waals surface area (Å²) in [6, 6.07) is 7.14. The van der Waals surface area contributed by atoms with Gasteiger partial charge in [-0.2, -0.15) is 0 Å². The van der Waals surface area contributed by atoms with Crippen molar-refractivity contribution in [2.24, 2.45) is 5.92 Å². The van der Waals surface area contributed by atoms with E-state index in [1.807, 2.05) is 17.3 Å². The second kappa shape index (κ2) is 11.6. The highest BCUT2D eigenvalue weighted by Crippen LogP contribution is 2.33. The van der Waals surface area contributed by atoms with Crippen LogP contribution in [0.3, 0.4) is 0 Å². The molecule has 0 spiro atoms. The number of likely N-dealkylation sites (tertiary alicyclic amines) is 1. The lowest BCUT2D eigenvalue weighted by molar-refractivity contribution is -0.111. The number of anilines is 1. The fourth-order valence-electron chi connectivity index (χ4n) is 4.37. The maximum absolute atomic E-state index is 13.3. The highest BCUT2D eigenvalue weighted by atomic mass is 32.2. The Morgan fingerprint density at radius 1 is 1.24 bits per heavy atom. The maximum Gasteiger partial charge on any atom is 0.254 e. The first kappa shape index (κ1) is 27.1. The monoisotopic (exact) mass is 538 g/mol. The van der Waals surface area contributed by atoms with E-state index in [0.29, 0.717) is 22.9 Å². The molecular weight excluding hydrogens is 504 g/mol. The summed E-state index contributed by atoms with van der Waals surface area (Å²) in [7, 11) is 0. The van der Waals surface area contributed by atoms with Crippen molar-refractivity contribution in [3.8, 4) is 0 Å². The summed E-state index contributed by atoms with van der Waals surface area (Å²) < 4.78 is 7.05. The van der Waals surface area contributed by atoms with E-state index < -0.39 is 0 Å². The van der Waals surface area contributed by atoms with E-state index in [9.17, 15) is 9.59 Å². The van der Waals surface area contributed by atoms with Crippen LogP contribution in [0, 0.1) is 5.92 Å². The molecule has 7 nitrogen and oxygen atoms in total. The molecule has 1 N–H and O–H groups in total. The van der Waals surface area contributed by atoms with Gasteiger partial charge in [0.1, 0.15) is 5.76 Å². The molecule has 0 radical (unpaired) electrons. The average molecular weight is 539 g/mol. The smallest absolute Gasteiger partial charge is 0.254 e. The van der Waals surface area contributed by atoms with Gasteiger partial charge in [-0.3, -0.25) is 9.59 Å². The molecule has 37 heavy (non-hydrogen) atoms. The third-order valence-corrected chi connectivity index (χ3v) is 8.79. The van der Waals surface area contributed by atoms with Crippen LogP contribution in [0.1, 0.15) is 67.6 Å². The Hall–Kier alpha value is -2.91. The van der Waals surface area contributed by atoms with Crippen molar-refractivity contribution in [2.75, 3.05) is 11.9 Å². The average Bonchev–Trinajstić information content (AvgIpc) is 3.54. The summed E-state index contributed by atoms with van der Waals surface area (Å²) in [5.74, 6) is 2.41. The summed E-state index contributed by atoms with van der Waals surface area (Å²) in [6.45, 7) is 12.7. The lowest BCUT2D eigenvalue weighted by Crippen LogP contribution is -2.47. The molecule has 2 aromatic heterocycles. The van der Waals surface area contributed by atoms with Crippen LogP contribution in [0.4, 0.5) is 5.69 Å². The number of carbonyl (C=O) groups excluding carboxylic acids is 2. The van der Waals surface area contributed by atoms with Gasteiger partial charge in [0.15, 0.2) is 0 Å². The first-order chi connectivity index (χ1) is 17.6. The first-order valence-corrected chi connectivity index (χ1v) is 14.3. The third-order valence-electron chi connectivity index (χ3n) is 6.59. The second-order valence-electron chi connectivity index (χ2n) is 10.3. The molecule has 4 rings (SSSR count). The molecule has 2 atom stereocenters. The molecule has 1 aliphatic heterocycles.